The maximum atomic E-state index is 13.2. The summed E-state index contributed by atoms with van der Waals surface area (Å²) in [5.74, 6) is 0.730. The van der Waals surface area contributed by atoms with Crippen LogP contribution in [-0.4, -0.2) is 25.4 Å². The van der Waals surface area contributed by atoms with Gasteiger partial charge >= 0.3 is 0 Å². The third-order valence-electron chi connectivity index (χ3n) is 3.83. The zero-order valence-electron chi connectivity index (χ0n) is 14.3. The molecule has 0 fully saturated rings. The van der Waals surface area contributed by atoms with Crippen molar-refractivity contribution in [1.29, 1.82) is 5.26 Å². The van der Waals surface area contributed by atoms with Crippen molar-refractivity contribution in [2.75, 3.05) is 20.3 Å². The lowest BCUT2D eigenvalue weighted by atomic mass is 10.1. The first-order valence-corrected chi connectivity index (χ1v) is 7.92. The predicted octanol–water partition coefficient (Wildman–Crippen LogP) is 2.93. The van der Waals surface area contributed by atoms with E-state index in [1.807, 2.05) is 25.1 Å². The number of hydrogen-bond acceptors (Lipinski definition) is 5. The van der Waals surface area contributed by atoms with Crippen LogP contribution in [-0.2, 0) is 6.54 Å². The van der Waals surface area contributed by atoms with E-state index in [1.54, 1.807) is 19.2 Å². The second kappa shape index (κ2) is 9.02. The molecular weight excluding hydrogens is 323 g/mol. The van der Waals surface area contributed by atoms with Crippen molar-refractivity contribution in [1.82, 2.24) is 5.32 Å². The van der Waals surface area contributed by atoms with Gasteiger partial charge in [-0.2, -0.15) is 5.26 Å². The van der Waals surface area contributed by atoms with Gasteiger partial charge < -0.3 is 19.9 Å². The van der Waals surface area contributed by atoms with Crippen molar-refractivity contribution in [3.8, 4) is 17.6 Å². The summed E-state index contributed by atoms with van der Waals surface area (Å²) in [7, 11) is 1.56. The molecule has 0 spiro atoms. The first-order chi connectivity index (χ1) is 12.1. The predicted molar refractivity (Wildman–Crippen MR) is 91.9 cm³/mol. The number of ether oxygens (including phenoxy) is 2. The van der Waals surface area contributed by atoms with Gasteiger partial charge in [-0.3, -0.25) is 0 Å². The number of nitriles is 1. The molecule has 0 aliphatic rings. The van der Waals surface area contributed by atoms with Gasteiger partial charge in [0.1, 0.15) is 12.4 Å². The summed E-state index contributed by atoms with van der Waals surface area (Å²) in [6, 6.07) is 11.7. The number of methoxy groups -OCH3 is 1. The molecule has 0 aliphatic heterocycles. The first kappa shape index (κ1) is 18.7. The molecule has 0 bridgehead atoms. The molecule has 25 heavy (non-hydrogen) atoms. The molecule has 6 heteroatoms. The molecule has 2 aromatic rings. The van der Waals surface area contributed by atoms with Crippen molar-refractivity contribution >= 4 is 0 Å². The zero-order chi connectivity index (χ0) is 18.2. The minimum absolute atomic E-state index is 0.0163. The second-order valence-electron chi connectivity index (χ2n) is 5.50. The molecule has 0 aromatic heterocycles. The van der Waals surface area contributed by atoms with Crippen molar-refractivity contribution in [3.63, 3.8) is 0 Å². The molecule has 0 aliphatic carbocycles. The summed E-state index contributed by atoms with van der Waals surface area (Å²) in [6.45, 7) is 2.56. The Kier molecular flexibility index (Phi) is 6.75. The van der Waals surface area contributed by atoms with Crippen LogP contribution in [0.4, 0.5) is 4.39 Å². The smallest absolute Gasteiger partial charge is 0.161 e. The quantitative estimate of drug-likeness (QED) is 0.770. The van der Waals surface area contributed by atoms with Gasteiger partial charge in [-0.1, -0.05) is 12.1 Å². The number of nitrogens with one attached hydrogen (secondary N) is 1. The van der Waals surface area contributed by atoms with Crippen LogP contribution in [0, 0.1) is 17.1 Å². The summed E-state index contributed by atoms with van der Waals surface area (Å²) in [6.07, 6.45) is 0. The van der Waals surface area contributed by atoms with Crippen molar-refractivity contribution in [2.24, 2.45) is 0 Å². The number of hydrogen-bond donors (Lipinski definition) is 2. The van der Waals surface area contributed by atoms with E-state index in [1.165, 1.54) is 12.1 Å². The van der Waals surface area contributed by atoms with Gasteiger partial charge in [-0.05, 0) is 42.3 Å². The SMILES string of the molecule is COc1cc(C(C)NCc2ccc(F)cc2C#N)ccc1OCCO. The van der Waals surface area contributed by atoms with Gasteiger partial charge in [-0.15, -0.1) is 0 Å². The van der Waals surface area contributed by atoms with Crippen LogP contribution in [0.3, 0.4) is 0 Å². The van der Waals surface area contributed by atoms with Gasteiger partial charge in [0.2, 0.25) is 0 Å². The van der Waals surface area contributed by atoms with E-state index < -0.39 is 5.82 Å². The number of aliphatic hydroxyl groups excluding tert-OH is 1. The van der Waals surface area contributed by atoms with E-state index in [2.05, 4.69) is 5.32 Å². The highest BCUT2D eigenvalue weighted by molar-refractivity contribution is 5.44. The number of aliphatic hydroxyl groups is 1. The highest BCUT2D eigenvalue weighted by Crippen LogP contribution is 2.30. The van der Waals surface area contributed by atoms with E-state index in [9.17, 15) is 4.39 Å². The molecule has 5 nitrogen and oxygen atoms in total. The largest absolute Gasteiger partial charge is 0.493 e. The molecule has 0 saturated carbocycles. The lowest BCUT2D eigenvalue weighted by Gasteiger charge is -2.17. The van der Waals surface area contributed by atoms with Gasteiger partial charge in [0.05, 0.1) is 25.3 Å². The fourth-order valence-electron chi connectivity index (χ4n) is 2.42. The fraction of sp³-hybridized carbons (Fsp3) is 0.316. The minimum atomic E-state index is -0.420. The van der Waals surface area contributed by atoms with E-state index in [-0.39, 0.29) is 19.3 Å². The van der Waals surface area contributed by atoms with Gasteiger partial charge in [-0.25, -0.2) is 4.39 Å². The lowest BCUT2D eigenvalue weighted by Crippen LogP contribution is -2.19. The number of rotatable bonds is 8. The molecule has 1 unspecified atom stereocenters. The van der Waals surface area contributed by atoms with Crippen LogP contribution in [0.1, 0.15) is 29.7 Å². The Bertz CT molecular complexity index is 759. The van der Waals surface area contributed by atoms with Crippen molar-refractivity contribution in [3.05, 3.63) is 58.9 Å². The average molecular weight is 344 g/mol. The monoisotopic (exact) mass is 344 g/mol. The van der Waals surface area contributed by atoms with E-state index >= 15 is 0 Å². The molecule has 0 saturated heterocycles. The average Bonchev–Trinajstić information content (AvgIpc) is 2.64. The summed E-state index contributed by atoms with van der Waals surface area (Å²) < 4.78 is 23.9. The highest BCUT2D eigenvalue weighted by atomic mass is 19.1. The van der Waals surface area contributed by atoms with E-state index in [0.29, 0.717) is 23.6 Å². The van der Waals surface area contributed by atoms with E-state index in [0.717, 1.165) is 11.1 Å². The molecule has 2 rings (SSSR count). The number of nitrogens with zero attached hydrogens (tertiary/aromatic N) is 1. The van der Waals surface area contributed by atoms with Gasteiger partial charge in [0.25, 0.3) is 0 Å². The van der Waals surface area contributed by atoms with Crippen LogP contribution in [0.15, 0.2) is 36.4 Å². The first-order valence-electron chi connectivity index (χ1n) is 7.92. The summed E-state index contributed by atoms with van der Waals surface area (Å²) in [5, 5.41) is 21.3. The zero-order valence-corrected chi connectivity index (χ0v) is 14.3. The van der Waals surface area contributed by atoms with Crippen LogP contribution < -0.4 is 14.8 Å². The van der Waals surface area contributed by atoms with Gasteiger partial charge in [0, 0.05) is 12.6 Å². The molecular formula is C19H21FN2O3. The van der Waals surface area contributed by atoms with Crippen molar-refractivity contribution < 1.29 is 19.0 Å². The molecule has 2 aromatic carbocycles. The number of benzene rings is 2. The van der Waals surface area contributed by atoms with Crippen LogP contribution in [0.2, 0.25) is 0 Å². The lowest BCUT2D eigenvalue weighted by molar-refractivity contribution is 0.196. The maximum absolute atomic E-state index is 13.2. The highest BCUT2D eigenvalue weighted by Gasteiger charge is 2.12. The summed E-state index contributed by atoms with van der Waals surface area (Å²) in [5.41, 5.74) is 2.05. The molecule has 0 heterocycles. The van der Waals surface area contributed by atoms with Gasteiger partial charge in [0.15, 0.2) is 11.5 Å². The Balaban J connectivity index is 2.08. The Labute approximate surface area is 146 Å². The van der Waals surface area contributed by atoms with Crippen LogP contribution >= 0.6 is 0 Å². The second-order valence-corrected chi connectivity index (χ2v) is 5.50. The molecule has 0 amide bonds. The minimum Gasteiger partial charge on any atom is -0.493 e. The van der Waals surface area contributed by atoms with Crippen molar-refractivity contribution in [2.45, 2.75) is 19.5 Å². The fourth-order valence-corrected chi connectivity index (χ4v) is 2.42. The Morgan fingerprint density at radius 2 is 2.04 bits per heavy atom. The Morgan fingerprint density at radius 1 is 1.24 bits per heavy atom. The van der Waals surface area contributed by atoms with Crippen LogP contribution in [0.25, 0.3) is 0 Å². The molecule has 0 radical (unpaired) electrons. The van der Waals surface area contributed by atoms with Crippen LogP contribution in [0.5, 0.6) is 11.5 Å². The third-order valence-corrected chi connectivity index (χ3v) is 3.83. The Hall–Kier alpha value is -2.62. The van der Waals surface area contributed by atoms with E-state index in [4.69, 9.17) is 19.8 Å². The standard InChI is InChI=1S/C19H21FN2O3/c1-13(22-12-15-3-5-17(20)9-16(15)11-21)14-4-6-18(25-8-7-23)19(10-14)24-2/h3-6,9-10,13,22-23H,7-8,12H2,1-2H3. The Morgan fingerprint density at radius 3 is 2.72 bits per heavy atom. The molecule has 2 N–H and O–H groups in total. The summed E-state index contributed by atoms with van der Waals surface area (Å²) >= 11 is 0. The normalized spacial score (nSPS) is 11.6. The third kappa shape index (κ3) is 4.92. The molecule has 1 atom stereocenters. The maximum Gasteiger partial charge on any atom is 0.161 e. The number of halogens is 1. The summed E-state index contributed by atoms with van der Waals surface area (Å²) in [4.78, 5) is 0. The molecule has 132 valence electrons. The topological polar surface area (TPSA) is 74.5 Å².